The van der Waals surface area contributed by atoms with Crippen molar-refractivity contribution in [2.24, 2.45) is 0 Å². The fraction of sp³-hybridized carbons (Fsp3) is 0.192. The molecule has 3 amide bonds. The SMILES string of the molecule is O=C(Cc1cc(F)cc(F)c1)NC(CO)C(=O)NC1C(=O)Nc2ccccc2OC1c1ccccc1. The molecule has 0 spiro atoms. The van der Waals surface area contributed by atoms with Gasteiger partial charge in [0.2, 0.25) is 11.8 Å². The molecule has 8 nitrogen and oxygen atoms in total. The molecule has 1 aliphatic heterocycles. The highest BCUT2D eigenvalue weighted by Crippen LogP contribution is 2.34. The number of rotatable bonds is 7. The third-order valence-corrected chi connectivity index (χ3v) is 5.53. The van der Waals surface area contributed by atoms with Gasteiger partial charge in [-0.05, 0) is 35.4 Å². The number of aliphatic hydroxyl groups is 1. The number of carbonyl (C=O) groups is 3. The van der Waals surface area contributed by atoms with Gasteiger partial charge in [-0.15, -0.1) is 0 Å². The first-order valence-corrected chi connectivity index (χ1v) is 11.1. The zero-order chi connectivity index (χ0) is 25.7. The predicted molar refractivity (Wildman–Crippen MR) is 126 cm³/mol. The maximum Gasteiger partial charge on any atom is 0.251 e. The molecule has 186 valence electrons. The van der Waals surface area contributed by atoms with Crippen LogP contribution in [-0.2, 0) is 20.8 Å². The van der Waals surface area contributed by atoms with Crippen molar-refractivity contribution in [2.45, 2.75) is 24.6 Å². The van der Waals surface area contributed by atoms with Crippen molar-refractivity contribution in [2.75, 3.05) is 11.9 Å². The Morgan fingerprint density at radius 1 is 1.00 bits per heavy atom. The highest BCUT2D eigenvalue weighted by molar-refractivity contribution is 6.00. The molecule has 3 aromatic carbocycles. The van der Waals surface area contributed by atoms with Crippen LogP contribution in [0.2, 0.25) is 0 Å². The summed E-state index contributed by atoms with van der Waals surface area (Å²) < 4.78 is 32.9. The van der Waals surface area contributed by atoms with E-state index in [2.05, 4.69) is 16.0 Å². The molecule has 0 fully saturated rings. The number of amides is 3. The number of ether oxygens (including phenoxy) is 1. The van der Waals surface area contributed by atoms with Gasteiger partial charge in [0, 0.05) is 6.07 Å². The second kappa shape index (κ2) is 11.0. The Balaban J connectivity index is 1.51. The van der Waals surface area contributed by atoms with Gasteiger partial charge in [0.05, 0.1) is 18.7 Å². The van der Waals surface area contributed by atoms with Gasteiger partial charge in [-0.3, -0.25) is 14.4 Å². The lowest BCUT2D eigenvalue weighted by molar-refractivity contribution is -0.132. The number of hydrogen-bond donors (Lipinski definition) is 4. The molecule has 0 radical (unpaired) electrons. The van der Waals surface area contributed by atoms with Crippen LogP contribution < -0.4 is 20.7 Å². The smallest absolute Gasteiger partial charge is 0.251 e. The van der Waals surface area contributed by atoms with Gasteiger partial charge in [-0.25, -0.2) is 8.78 Å². The molecule has 0 aliphatic carbocycles. The number of fused-ring (bicyclic) bond motifs is 1. The summed E-state index contributed by atoms with van der Waals surface area (Å²) in [6.45, 7) is -0.777. The molecule has 4 N–H and O–H groups in total. The molecule has 3 aromatic rings. The summed E-state index contributed by atoms with van der Waals surface area (Å²) in [6, 6.07) is 15.6. The molecule has 36 heavy (non-hydrogen) atoms. The minimum Gasteiger partial charge on any atom is -0.481 e. The fourth-order valence-electron chi connectivity index (χ4n) is 3.86. The minimum atomic E-state index is -1.43. The average molecular weight is 495 g/mol. The Labute approximate surface area is 205 Å². The molecule has 4 rings (SSSR count). The van der Waals surface area contributed by atoms with E-state index in [9.17, 15) is 28.3 Å². The number of carbonyl (C=O) groups excluding carboxylic acids is 3. The number of anilines is 1. The van der Waals surface area contributed by atoms with Gasteiger partial charge in [-0.2, -0.15) is 0 Å². The van der Waals surface area contributed by atoms with Crippen LogP contribution in [-0.4, -0.2) is 41.5 Å². The summed E-state index contributed by atoms with van der Waals surface area (Å²) in [5.74, 6) is -3.43. The van der Waals surface area contributed by atoms with Gasteiger partial charge in [0.1, 0.15) is 29.5 Å². The van der Waals surface area contributed by atoms with E-state index in [0.717, 1.165) is 12.1 Å². The van der Waals surface area contributed by atoms with E-state index in [1.807, 2.05) is 0 Å². The Bertz CT molecular complexity index is 1250. The van der Waals surface area contributed by atoms with Gasteiger partial charge in [0.15, 0.2) is 6.10 Å². The van der Waals surface area contributed by atoms with Crippen molar-refractivity contribution < 1.29 is 33.0 Å². The number of nitrogens with one attached hydrogen (secondary N) is 3. The van der Waals surface area contributed by atoms with Crippen LogP contribution in [0.25, 0.3) is 0 Å². The van der Waals surface area contributed by atoms with Gasteiger partial charge < -0.3 is 25.8 Å². The summed E-state index contributed by atoms with van der Waals surface area (Å²) in [5.41, 5.74) is 1.10. The highest BCUT2D eigenvalue weighted by Gasteiger charge is 2.37. The van der Waals surface area contributed by atoms with Crippen molar-refractivity contribution >= 4 is 23.4 Å². The fourth-order valence-corrected chi connectivity index (χ4v) is 3.86. The first-order chi connectivity index (χ1) is 17.3. The van der Waals surface area contributed by atoms with Crippen LogP contribution in [0.15, 0.2) is 72.8 Å². The Kier molecular flexibility index (Phi) is 7.55. The van der Waals surface area contributed by atoms with Crippen molar-refractivity contribution in [3.63, 3.8) is 0 Å². The van der Waals surface area contributed by atoms with Crippen LogP contribution in [0.1, 0.15) is 17.2 Å². The van der Waals surface area contributed by atoms with Crippen LogP contribution in [0.5, 0.6) is 5.75 Å². The van der Waals surface area contributed by atoms with Crippen LogP contribution in [0.4, 0.5) is 14.5 Å². The monoisotopic (exact) mass is 495 g/mol. The predicted octanol–water partition coefficient (Wildman–Crippen LogP) is 2.24. The topological polar surface area (TPSA) is 117 Å². The Morgan fingerprint density at radius 3 is 2.36 bits per heavy atom. The lowest BCUT2D eigenvalue weighted by Gasteiger charge is -2.27. The van der Waals surface area contributed by atoms with E-state index in [-0.39, 0.29) is 5.56 Å². The summed E-state index contributed by atoms with van der Waals surface area (Å²) in [6.07, 6.45) is -1.34. The molecule has 0 saturated carbocycles. The van der Waals surface area contributed by atoms with E-state index >= 15 is 0 Å². The zero-order valence-electron chi connectivity index (χ0n) is 18.9. The Morgan fingerprint density at radius 2 is 1.67 bits per heavy atom. The summed E-state index contributed by atoms with van der Waals surface area (Å²) in [7, 11) is 0. The molecule has 10 heteroatoms. The third-order valence-electron chi connectivity index (χ3n) is 5.53. The van der Waals surface area contributed by atoms with E-state index in [1.165, 1.54) is 0 Å². The second-order valence-corrected chi connectivity index (χ2v) is 8.18. The number of halogens is 2. The largest absolute Gasteiger partial charge is 0.481 e. The van der Waals surface area contributed by atoms with Crippen LogP contribution in [0, 0.1) is 11.6 Å². The third kappa shape index (κ3) is 5.84. The maximum atomic E-state index is 13.4. The molecular formula is C26H23F2N3O5. The summed E-state index contributed by atoms with van der Waals surface area (Å²) in [4.78, 5) is 38.5. The normalized spacial score (nSPS) is 17.6. The van der Waals surface area contributed by atoms with Gasteiger partial charge in [-0.1, -0.05) is 42.5 Å². The van der Waals surface area contributed by atoms with E-state index in [0.29, 0.717) is 23.1 Å². The first-order valence-electron chi connectivity index (χ1n) is 11.1. The Hall–Kier alpha value is -4.31. The van der Waals surface area contributed by atoms with Gasteiger partial charge >= 0.3 is 0 Å². The van der Waals surface area contributed by atoms with Crippen molar-refractivity contribution in [3.05, 3.63) is 95.6 Å². The summed E-state index contributed by atoms with van der Waals surface area (Å²) in [5, 5.41) is 17.4. The van der Waals surface area contributed by atoms with Crippen molar-refractivity contribution in [1.29, 1.82) is 0 Å². The molecule has 0 saturated heterocycles. The van der Waals surface area contributed by atoms with Crippen LogP contribution in [0.3, 0.4) is 0 Å². The highest BCUT2D eigenvalue weighted by atomic mass is 19.1. The second-order valence-electron chi connectivity index (χ2n) is 8.18. The summed E-state index contributed by atoms with van der Waals surface area (Å²) >= 11 is 0. The average Bonchev–Trinajstić information content (AvgIpc) is 2.98. The first kappa shape index (κ1) is 24.8. The number of hydrogen-bond acceptors (Lipinski definition) is 5. The minimum absolute atomic E-state index is 0.0561. The molecule has 3 unspecified atom stereocenters. The number of para-hydroxylation sites is 2. The zero-order valence-corrected chi connectivity index (χ0v) is 18.9. The lowest BCUT2D eigenvalue weighted by Crippen LogP contribution is -2.56. The van der Waals surface area contributed by atoms with E-state index < -0.39 is 60.6 Å². The molecule has 1 heterocycles. The van der Waals surface area contributed by atoms with Crippen molar-refractivity contribution in [1.82, 2.24) is 10.6 Å². The molecule has 1 aliphatic rings. The molecule has 0 bridgehead atoms. The van der Waals surface area contributed by atoms with E-state index in [4.69, 9.17) is 4.74 Å². The lowest BCUT2D eigenvalue weighted by atomic mass is 10.0. The molecule has 3 atom stereocenters. The molecular weight excluding hydrogens is 472 g/mol. The standard InChI is InChI=1S/C26H23F2N3O5/c27-17-10-15(11-18(28)13-17)12-22(33)29-20(14-32)25(34)31-23-24(16-6-2-1-3-7-16)36-21-9-5-4-8-19(21)30-26(23)35/h1-11,13,20,23-24,32H,12,14H2,(H,29,33)(H,30,35)(H,31,34). The van der Waals surface area contributed by atoms with E-state index in [1.54, 1.807) is 54.6 Å². The van der Waals surface area contributed by atoms with Crippen molar-refractivity contribution in [3.8, 4) is 5.75 Å². The molecule has 0 aromatic heterocycles. The number of benzene rings is 3. The number of aliphatic hydroxyl groups excluding tert-OH is 1. The van der Waals surface area contributed by atoms with Crippen LogP contribution >= 0.6 is 0 Å². The maximum absolute atomic E-state index is 13.4. The van der Waals surface area contributed by atoms with Gasteiger partial charge in [0.25, 0.3) is 5.91 Å². The quantitative estimate of drug-likeness (QED) is 0.401.